The lowest BCUT2D eigenvalue weighted by atomic mass is 10.3. The third kappa shape index (κ3) is 1.82. The lowest BCUT2D eigenvalue weighted by Gasteiger charge is -2.03. The molecule has 0 N–H and O–H groups in total. The van der Waals surface area contributed by atoms with Crippen LogP contribution in [0.4, 0.5) is 0 Å². The molecule has 18 heavy (non-hydrogen) atoms. The number of hydrogen-bond donors (Lipinski definition) is 0. The third-order valence-electron chi connectivity index (χ3n) is 2.94. The second kappa shape index (κ2) is 4.14. The van der Waals surface area contributed by atoms with Crippen LogP contribution in [0.2, 0.25) is 0 Å². The van der Waals surface area contributed by atoms with Crippen LogP contribution in [-0.4, -0.2) is 19.7 Å². The Morgan fingerprint density at radius 2 is 2.11 bits per heavy atom. The Kier molecular flexibility index (Phi) is 2.48. The average Bonchev–Trinajstić information content (AvgIpc) is 2.94. The first-order valence-corrected chi connectivity index (χ1v) is 5.83. The molecule has 0 spiro atoms. The maximum atomic E-state index is 11.4. The van der Waals surface area contributed by atoms with Gasteiger partial charge in [-0.3, -0.25) is 4.79 Å². The predicted octanol–water partition coefficient (Wildman–Crippen LogP) is 2.39. The Balaban J connectivity index is 1.96. The van der Waals surface area contributed by atoms with Gasteiger partial charge in [-0.15, -0.1) is 0 Å². The summed E-state index contributed by atoms with van der Waals surface area (Å²) in [5.74, 6) is 0.0729. The fraction of sp³-hybridized carbons (Fsp3) is 0.143. The van der Waals surface area contributed by atoms with Crippen LogP contribution >= 0.6 is 0 Å². The Hall–Kier alpha value is -2.36. The van der Waals surface area contributed by atoms with Gasteiger partial charge in [-0.2, -0.15) is 0 Å². The molecular weight excluding hydrogens is 226 g/mol. The Labute approximate surface area is 105 Å². The van der Waals surface area contributed by atoms with E-state index in [0.29, 0.717) is 12.2 Å². The summed E-state index contributed by atoms with van der Waals surface area (Å²) in [6, 6.07) is 9.60. The molecule has 0 aliphatic heterocycles. The van der Waals surface area contributed by atoms with Gasteiger partial charge in [0.1, 0.15) is 5.65 Å². The zero-order valence-electron chi connectivity index (χ0n) is 10.1. The number of fused-ring (bicyclic) bond motifs is 1. The molecule has 0 aliphatic rings. The summed E-state index contributed by atoms with van der Waals surface area (Å²) in [5.41, 5.74) is 2.58. The molecule has 3 rings (SSSR count). The summed E-state index contributed by atoms with van der Waals surface area (Å²) in [7, 11) is 0. The maximum absolute atomic E-state index is 11.4. The third-order valence-corrected chi connectivity index (χ3v) is 2.94. The summed E-state index contributed by atoms with van der Waals surface area (Å²) in [6.07, 6.45) is 5.85. The topological polar surface area (TPSA) is 39.3 Å². The number of rotatable bonds is 3. The molecular formula is C14H13N3O. The summed E-state index contributed by atoms with van der Waals surface area (Å²) in [4.78, 5) is 16.0. The van der Waals surface area contributed by atoms with Crippen molar-refractivity contribution in [3.63, 3.8) is 0 Å². The van der Waals surface area contributed by atoms with Crippen LogP contribution in [-0.2, 0) is 6.54 Å². The van der Waals surface area contributed by atoms with Crippen molar-refractivity contribution in [2.24, 2.45) is 0 Å². The van der Waals surface area contributed by atoms with Gasteiger partial charge in [0.15, 0.2) is 5.78 Å². The number of imidazole rings is 1. The summed E-state index contributed by atoms with van der Waals surface area (Å²) < 4.78 is 3.90. The minimum atomic E-state index is 0.0729. The normalized spacial score (nSPS) is 10.9. The summed E-state index contributed by atoms with van der Waals surface area (Å²) in [5, 5.41) is 0. The monoisotopic (exact) mass is 239 g/mol. The van der Waals surface area contributed by atoms with Gasteiger partial charge in [0, 0.05) is 25.5 Å². The van der Waals surface area contributed by atoms with E-state index < -0.39 is 0 Å². The molecule has 0 saturated heterocycles. The summed E-state index contributed by atoms with van der Waals surface area (Å²) >= 11 is 0. The smallest absolute Gasteiger partial charge is 0.176 e. The van der Waals surface area contributed by atoms with Gasteiger partial charge in [0.25, 0.3) is 0 Å². The first-order chi connectivity index (χ1) is 8.74. The molecule has 4 nitrogen and oxygen atoms in total. The summed E-state index contributed by atoms with van der Waals surface area (Å²) in [6.45, 7) is 2.19. The number of ketones is 1. The highest BCUT2D eigenvalue weighted by molar-refractivity contribution is 5.92. The Morgan fingerprint density at radius 3 is 2.89 bits per heavy atom. The highest BCUT2D eigenvalue weighted by atomic mass is 16.1. The molecule has 3 aromatic rings. The molecule has 0 saturated carbocycles. The van der Waals surface area contributed by atoms with Gasteiger partial charge < -0.3 is 8.97 Å². The van der Waals surface area contributed by atoms with E-state index in [1.165, 1.54) is 0 Å². The molecule has 0 radical (unpaired) electrons. The van der Waals surface area contributed by atoms with Crippen molar-refractivity contribution in [2.45, 2.75) is 13.5 Å². The molecule has 0 unspecified atom stereocenters. The number of aromatic nitrogens is 3. The molecule has 0 amide bonds. The van der Waals surface area contributed by atoms with Crippen LogP contribution in [0.5, 0.6) is 0 Å². The molecule has 4 heteroatoms. The number of nitrogens with zero attached hydrogens (tertiary/aromatic N) is 3. The van der Waals surface area contributed by atoms with Gasteiger partial charge in [-0.05, 0) is 24.3 Å². The standard InChI is InChI=1S/C14H13N3O/c1-11(18)13-5-4-8-16(13)9-12-10-17-7-3-2-6-14(17)15-12/h2-8,10H,9H2,1H3. The molecule has 0 atom stereocenters. The number of pyridine rings is 1. The lowest BCUT2D eigenvalue weighted by molar-refractivity contribution is 0.100. The second-order valence-electron chi connectivity index (χ2n) is 4.28. The van der Waals surface area contributed by atoms with Gasteiger partial charge in [-0.25, -0.2) is 4.98 Å². The van der Waals surface area contributed by atoms with Crippen molar-refractivity contribution in [1.29, 1.82) is 0 Å². The molecule has 0 bridgehead atoms. The van der Waals surface area contributed by atoms with Crippen LogP contribution in [0.1, 0.15) is 23.1 Å². The van der Waals surface area contributed by atoms with Crippen molar-refractivity contribution in [2.75, 3.05) is 0 Å². The number of carbonyl (C=O) groups excluding carboxylic acids is 1. The Morgan fingerprint density at radius 1 is 1.22 bits per heavy atom. The van der Waals surface area contributed by atoms with Crippen molar-refractivity contribution in [3.8, 4) is 0 Å². The van der Waals surface area contributed by atoms with Crippen molar-refractivity contribution in [3.05, 3.63) is 60.3 Å². The zero-order valence-corrected chi connectivity index (χ0v) is 10.1. The van der Waals surface area contributed by atoms with Gasteiger partial charge in [0.2, 0.25) is 0 Å². The van der Waals surface area contributed by atoms with E-state index in [1.54, 1.807) is 6.92 Å². The van der Waals surface area contributed by atoms with E-state index in [-0.39, 0.29) is 5.78 Å². The zero-order chi connectivity index (χ0) is 12.5. The van der Waals surface area contributed by atoms with E-state index in [2.05, 4.69) is 4.98 Å². The van der Waals surface area contributed by atoms with Crippen LogP contribution in [0.3, 0.4) is 0 Å². The largest absolute Gasteiger partial charge is 0.339 e. The Bertz CT molecular complexity index is 675. The lowest BCUT2D eigenvalue weighted by Crippen LogP contribution is -2.06. The van der Waals surface area contributed by atoms with Crippen molar-refractivity contribution in [1.82, 2.24) is 14.0 Å². The van der Waals surface area contributed by atoms with E-state index in [9.17, 15) is 4.79 Å². The van der Waals surface area contributed by atoms with Gasteiger partial charge in [0.05, 0.1) is 17.9 Å². The van der Waals surface area contributed by atoms with Crippen molar-refractivity contribution < 1.29 is 4.79 Å². The quantitative estimate of drug-likeness (QED) is 0.658. The van der Waals surface area contributed by atoms with E-state index in [0.717, 1.165) is 11.3 Å². The van der Waals surface area contributed by atoms with Crippen LogP contribution in [0, 0.1) is 0 Å². The minimum Gasteiger partial charge on any atom is -0.339 e. The maximum Gasteiger partial charge on any atom is 0.176 e. The van der Waals surface area contributed by atoms with E-state index in [1.807, 2.05) is 57.9 Å². The highest BCUT2D eigenvalue weighted by Crippen LogP contribution is 2.09. The predicted molar refractivity (Wildman–Crippen MR) is 68.7 cm³/mol. The van der Waals surface area contributed by atoms with Crippen LogP contribution in [0.25, 0.3) is 5.65 Å². The van der Waals surface area contributed by atoms with Crippen LogP contribution in [0.15, 0.2) is 48.9 Å². The molecule has 3 heterocycles. The molecule has 0 aliphatic carbocycles. The van der Waals surface area contributed by atoms with E-state index in [4.69, 9.17) is 0 Å². The average molecular weight is 239 g/mol. The second-order valence-corrected chi connectivity index (χ2v) is 4.28. The molecule has 90 valence electrons. The number of hydrogen-bond acceptors (Lipinski definition) is 2. The molecule has 0 aromatic carbocycles. The van der Waals surface area contributed by atoms with Crippen molar-refractivity contribution >= 4 is 11.4 Å². The molecule has 3 aromatic heterocycles. The number of carbonyl (C=O) groups is 1. The van der Waals surface area contributed by atoms with Gasteiger partial charge in [-0.1, -0.05) is 6.07 Å². The number of Topliss-reactive ketones (excluding diaryl/α,β-unsaturated/α-hetero) is 1. The minimum absolute atomic E-state index is 0.0729. The fourth-order valence-corrected chi connectivity index (χ4v) is 2.11. The van der Waals surface area contributed by atoms with Gasteiger partial charge >= 0.3 is 0 Å². The first kappa shape index (κ1) is 10.8. The fourth-order valence-electron chi connectivity index (χ4n) is 2.11. The SMILES string of the molecule is CC(=O)c1cccn1Cc1cn2ccccc2n1. The first-order valence-electron chi connectivity index (χ1n) is 5.83. The van der Waals surface area contributed by atoms with E-state index >= 15 is 0 Å². The molecule has 0 fully saturated rings. The van der Waals surface area contributed by atoms with Crippen LogP contribution < -0.4 is 0 Å². The highest BCUT2D eigenvalue weighted by Gasteiger charge is 2.08.